The van der Waals surface area contributed by atoms with Gasteiger partial charge in [-0.1, -0.05) is 31.9 Å². The maximum Gasteiger partial charge on any atom is 0.252 e. The number of aromatic nitrogens is 4. The van der Waals surface area contributed by atoms with Gasteiger partial charge in [0.05, 0.1) is 23.5 Å². The van der Waals surface area contributed by atoms with E-state index in [1.165, 1.54) is 6.42 Å². The molecule has 3 rings (SSSR count). The molecule has 0 fully saturated rings. The number of amides is 1. The van der Waals surface area contributed by atoms with Crippen LogP contribution in [-0.4, -0.2) is 50.2 Å². The molecular formula is C22H32ClN7O2. The lowest BCUT2D eigenvalue weighted by molar-refractivity contribution is 0.0955. The third-order valence-electron chi connectivity index (χ3n) is 4.27. The molecule has 2 aromatic heterocycles. The van der Waals surface area contributed by atoms with Gasteiger partial charge in [-0.3, -0.25) is 4.79 Å². The van der Waals surface area contributed by atoms with Crippen LogP contribution in [0.25, 0.3) is 11.2 Å². The zero-order valence-corrected chi connectivity index (χ0v) is 19.8. The minimum absolute atomic E-state index is 0.0564. The average molecular weight is 462 g/mol. The first-order valence-electron chi connectivity index (χ1n) is 10.7. The molecule has 0 bridgehead atoms. The highest BCUT2D eigenvalue weighted by molar-refractivity contribution is 6.34. The predicted molar refractivity (Wildman–Crippen MR) is 129 cm³/mol. The Morgan fingerprint density at radius 2 is 2.00 bits per heavy atom. The van der Waals surface area contributed by atoms with Crippen LogP contribution in [0.2, 0.25) is 5.02 Å². The maximum absolute atomic E-state index is 12.1. The quantitative estimate of drug-likeness (QED) is 0.404. The number of hydrogen-bond acceptors (Lipinski definition) is 7. The van der Waals surface area contributed by atoms with Crippen LogP contribution in [0, 0.1) is 0 Å². The van der Waals surface area contributed by atoms with Crippen molar-refractivity contribution in [1.82, 2.24) is 24.8 Å². The van der Waals surface area contributed by atoms with Gasteiger partial charge < -0.3 is 26.0 Å². The predicted octanol–water partition coefficient (Wildman–Crippen LogP) is 3.44. The Balaban J connectivity index is 0.00000114. The van der Waals surface area contributed by atoms with Crippen LogP contribution in [0.4, 0.5) is 11.5 Å². The van der Waals surface area contributed by atoms with Crippen molar-refractivity contribution in [1.29, 1.82) is 0 Å². The Hall–Kier alpha value is -2.75. The number of nitrogens with one attached hydrogen (secondary N) is 2. The van der Waals surface area contributed by atoms with Gasteiger partial charge in [0.2, 0.25) is 0 Å². The molecule has 0 unspecified atom stereocenters. The van der Waals surface area contributed by atoms with Crippen molar-refractivity contribution in [2.45, 2.75) is 46.6 Å². The number of rotatable bonds is 8. The van der Waals surface area contributed by atoms with Gasteiger partial charge in [-0.15, -0.1) is 0 Å². The van der Waals surface area contributed by atoms with E-state index in [0.717, 1.165) is 0 Å². The molecular weight excluding hydrogens is 430 g/mol. The zero-order chi connectivity index (χ0) is 23.7. The van der Waals surface area contributed by atoms with E-state index in [4.69, 9.17) is 17.3 Å². The standard InChI is InChI=1S/C19H24ClN7O2.C3H8/c1-11(2)27-10-23-16-17(25-15(5-8-28)26-18(16)27)24-12-3-4-13(14(20)9-12)19(29)22-7-6-21;1-3-2/h3-4,9-11,28H,5-8,21H2,1-2H3,(H,22,29)(H,24,25,26);3H2,1-2H3. The summed E-state index contributed by atoms with van der Waals surface area (Å²) in [6.07, 6.45) is 3.30. The van der Waals surface area contributed by atoms with Gasteiger partial charge in [0, 0.05) is 31.2 Å². The van der Waals surface area contributed by atoms with Crippen molar-refractivity contribution < 1.29 is 9.90 Å². The second-order valence-electron chi connectivity index (χ2n) is 7.45. The number of carbonyl (C=O) groups is 1. The zero-order valence-electron chi connectivity index (χ0n) is 19.0. The molecule has 0 radical (unpaired) electrons. The summed E-state index contributed by atoms with van der Waals surface area (Å²) in [6.45, 7) is 9.00. The normalized spacial score (nSPS) is 10.8. The minimum atomic E-state index is -0.280. The highest BCUT2D eigenvalue weighted by atomic mass is 35.5. The van der Waals surface area contributed by atoms with Gasteiger partial charge in [-0.05, 0) is 32.0 Å². The SMILES string of the molecule is CC(C)n1cnc2c(Nc3ccc(C(=O)NCCN)c(Cl)c3)nc(CCO)nc21.CCC. The number of nitrogens with zero attached hydrogens (tertiary/aromatic N) is 4. The summed E-state index contributed by atoms with van der Waals surface area (Å²) in [6, 6.07) is 5.20. The fraction of sp³-hybridized carbons (Fsp3) is 0.455. The summed E-state index contributed by atoms with van der Waals surface area (Å²) in [4.78, 5) is 25.6. The van der Waals surface area contributed by atoms with E-state index < -0.39 is 0 Å². The molecule has 1 aromatic carbocycles. The molecule has 0 aliphatic carbocycles. The number of halogens is 1. The molecule has 0 spiro atoms. The Morgan fingerprint density at radius 3 is 2.59 bits per heavy atom. The van der Waals surface area contributed by atoms with Crippen molar-refractivity contribution in [2.75, 3.05) is 25.0 Å². The van der Waals surface area contributed by atoms with Crippen molar-refractivity contribution in [3.8, 4) is 0 Å². The van der Waals surface area contributed by atoms with Gasteiger partial charge in [0.15, 0.2) is 17.0 Å². The van der Waals surface area contributed by atoms with E-state index >= 15 is 0 Å². The van der Waals surface area contributed by atoms with Gasteiger partial charge in [0.25, 0.3) is 5.91 Å². The number of fused-ring (bicyclic) bond motifs is 1. The first-order chi connectivity index (χ1) is 15.4. The largest absolute Gasteiger partial charge is 0.396 e. The summed E-state index contributed by atoms with van der Waals surface area (Å²) >= 11 is 6.30. The van der Waals surface area contributed by atoms with Crippen molar-refractivity contribution >= 4 is 40.2 Å². The smallest absolute Gasteiger partial charge is 0.252 e. The minimum Gasteiger partial charge on any atom is -0.396 e. The first kappa shape index (κ1) is 25.5. The van der Waals surface area contributed by atoms with E-state index in [2.05, 4.69) is 39.4 Å². The van der Waals surface area contributed by atoms with Crippen LogP contribution < -0.4 is 16.4 Å². The molecule has 0 atom stereocenters. The number of hydrogen-bond donors (Lipinski definition) is 4. The number of benzene rings is 1. The molecule has 10 heteroatoms. The molecule has 0 saturated carbocycles. The van der Waals surface area contributed by atoms with Crippen LogP contribution in [0.1, 0.15) is 56.3 Å². The van der Waals surface area contributed by atoms with Gasteiger partial charge in [-0.2, -0.15) is 0 Å². The van der Waals surface area contributed by atoms with Crippen LogP contribution in [0.5, 0.6) is 0 Å². The maximum atomic E-state index is 12.1. The lowest BCUT2D eigenvalue weighted by Gasteiger charge is -2.12. The van der Waals surface area contributed by atoms with E-state index in [1.807, 2.05) is 18.4 Å². The third kappa shape index (κ3) is 6.38. The number of anilines is 2. The lowest BCUT2D eigenvalue weighted by atomic mass is 10.2. The Morgan fingerprint density at radius 1 is 1.28 bits per heavy atom. The van der Waals surface area contributed by atoms with Crippen LogP contribution in [0.15, 0.2) is 24.5 Å². The summed E-state index contributed by atoms with van der Waals surface area (Å²) in [5, 5.41) is 15.5. The lowest BCUT2D eigenvalue weighted by Crippen LogP contribution is -2.29. The second kappa shape index (κ2) is 12.3. The molecule has 0 aliphatic rings. The number of imidazole rings is 1. The highest BCUT2D eigenvalue weighted by Gasteiger charge is 2.16. The topological polar surface area (TPSA) is 131 Å². The molecule has 32 heavy (non-hydrogen) atoms. The molecule has 2 heterocycles. The second-order valence-corrected chi connectivity index (χ2v) is 7.86. The summed E-state index contributed by atoms with van der Waals surface area (Å²) in [5.41, 5.74) is 7.72. The Labute approximate surface area is 193 Å². The average Bonchev–Trinajstić information content (AvgIpc) is 3.17. The summed E-state index contributed by atoms with van der Waals surface area (Å²) in [7, 11) is 0. The molecule has 0 saturated heterocycles. The van der Waals surface area contributed by atoms with E-state index in [1.54, 1.807) is 24.5 Å². The molecule has 5 N–H and O–H groups in total. The number of aliphatic hydroxyl groups excluding tert-OH is 1. The molecule has 3 aromatic rings. The van der Waals surface area contributed by atoms with E-state index in [0.29, 0.717) is 58.6 Å². The highest BCUT2D eigenvalue weighted by Crippen LogP contribution is 2.27. The third-order valence-corrected chi connectivity index (χ3v) is 4.58. The monoisotopic (exact) mass is 461 g/mol. The fourth-order valence-electron chi connectivity index (χ4n) is 2.83. The van der Waals surface area contributed by atoms with Crippen LogP contribution in [0.3, 0.4) is 0 Å². The van der Waals surface area contributed by atoms with Crippen LogP contribution >= 0.6 is 11.6 Å². The summed E-state index contributed by atoms with van der Waals surface area (Å²) in [5.74, 6) is 0.736. The van der Waals surface area contributed by atoms with Crippen molar-refractivity contribution in [2.24, 2.45) is 5.73 Å². The number of aliphatic hydroxyl groups is 1. The first-order valence-corrected chi connectivity index (χ1v) is 11.1. The fourth-order valence-corrected chi connectivity index (χ4v) is 3.10. The summed E-state index contributed by atoms with van der Waals surface area (Å²) < 4.78 is 1.95. The van der Waals surface area contributed by atoms with E-state index in [9.17, 15) is 9.90 Å². The van der Waals surface area contributed by atoms with Crippen molar-refractivity contribution in [3.63, 3.8) is 0 Å². The molecule has 9 nitrogen and oxygen atoms in total. The van der Waals surface area contributed by atoms with Crippen molar-refractivity contribution in [3.05, 3.63) is 40.9 Å². The van der Waals surface area contributed by atoms with E-state index in [-0.39, 0.29) is 18.6 Å². The Kier molecular flexibility index (Phi) is 9.83. The van der Waals surface area contributed by atoms with Gasteiger partial charge in [-0.25, -0.2) is 15.0 Å². The van der Waals surface area contributed by atoms with Gasteiger partial charge >= 0.3 is 0 Å². The molecule has 174 valence electrons. The molecule has 1 amide bonds. The van der Waals surface area contributed by atoms with Crippen LogP contribution in [-0.2, 0) is 6.42 Å². The number of nitrogens with two attached hydrogens (primary N) is 1. The van der Waals surface area contributed by atoms with Gasteiger partial charge in [0.1, 0.15) is 5.82 Å². The molecule has 0 aliphatic heterocycles. The Bertz CT molecular complexity index is 1040. The number of carbonyl (C=O) groups excluding carboxylic acids is 1.